The van der Waals surface area contributed by atoms with E-state index in [1.165, 1.54) is 20.8 Å². The molecule has 2 nitrogen and oxygen atoms in total. The van der Waals surface area contributed by atoms with Crippen LogP contribution in [0.4, 0.5) is 0 Å². The molecule has 0 fully saturated rings. The van der Waals surface area contributed by atoms with Crippen LogP contribution in [0.25, 0.3) is 11.3 Å². The maximum absolute atomic E-state index is 12.4. The van der Waals surface area contributed by atoms with E-state index in [-0.39, 0.29) is 27.0 Å². The average Bonchev–Trinajstić information content (AvgIpc) is 2.69. The van der Waals surface area contributed by atoms with Crippen LogP contribution in [-0.4, -0.2) is 15.2 Å². The summed E-state index contributed by atoms with van der Waals surface area (Å²) in [5.74, 6) is 0.00988. The molecule has 0 N–H and O–H groups in total. The van der Waals surface area contributed by atoms with Crippen molar-refractivity contribution in [3.8, 4) is 11.3 Å². The number of carbonyl (C=O) groups excluding carboxylic acids is 1. The topological polar surface area (TPSA) is 30.0 Å². The molecule has 0 spiro atoms. The van der Waals surface area contributed by atoms with E-state index in [4.69, 9.17) is 0 Å². The zero-order valence-electron chi connectivity index (χ0n) is 14.3. The van der Waals surface area contributed by atoms with Gasteiger partial charge < -0.3 is 0 Å². The van der Waals surface area contributed by atoms with E-state index >= 15 is 0 Å². The number of rotatable bonds is 7. The molecule has 1 heterocycles. The molecule has 0 unspecified atom stereocenters. The molecule has 0 aliphatic carbocycles. The normalized spacial score (nSPS) is 10.8. The third kappa shape index (κ3) is 4.75. The van der Waals surface area contributed by atoms with E-state index < -0.39 is 0 Å². The Morgan fingerprint density at radius 3 is 2.32 bits per heavy atom. The summed E-state index contributed by atoms with van der Waals surface area (Å²) in [6, 6.07) is 21.8. The predicted molar refractivity (Wildman–Crippen MR) is 98.0 cm³/mol. The Bertz CT molecular complexity index is 811. The van der Waals surface area contributed by atoms with Gasteiger partial charge in [-0.05, 0) is 0 Å². The van der Waals surface area contributed by atoms with E-state index in [1.54, 1.807) is 6.20 Å². The summed E-state index contributed by atoms with van der Waals surface area (Å²) in [5, 5.41) is 0. The molecular weight excluding hydrogens is 421 g/mol. The molecule has 3 rings (SSSR count). The van der Waals surface area contributed by atoms with E-state index in [9.17, 15) is 4.79 Å². The van der Waals surface area contributed by atoms with Crippen LogP contribution >= 0.6 is 0 Å². The van der Waals surface area contributed by atoms with Crippen molar-refractivity contribution < 1.29 is 26.0 Å². The standard InChI is InChI=1S/C22H21INO/c1-2-3-15-23-20-12-9-17(10-13-20)21-14-11-19(16-24-21)22(25)18-7-5-4-6-8-18/h4-14,16H,2-3,15H2,1H3/q-1. The third-order valence-electron chi connectivity index (χ3n) is 3.94. The Morgan fingerprint density at radius 1 is 0.920 bits per heavy atom. The van der Waals surface area contributed by atoms with E-state index in [0.717, 1.165) is 11.3 Å². The summed E-state index contributed by atoms with van der Waals surface area (Å²) in [6.07, 6.45) is 4.27. The molecule has 3 aromatic rings. The summed E-state index contributed by atoms with van der Waals surface area (Å²) in [7, 11) is 0. The number of benzene rings is 2. The Hall–Kier alpha value is -2.01. The second-order valence-corrected chi connectivity index (χ2v) is 8.90. The molecule has 0 aliphatic heterocycles. The van der Waals surface area contributed by atoms with E-state index in [1.807, 2.05) is 42.5 Å². The van der Waals surface area contributed by atoms with Crippen molar-refractivity contribution in [1.82, 2.24) is 4.98 Å². The fraction of sp³-hybridized carbons (Fsp3) is 0.182. The Labute approximate surface area is 159 Å². The van der Waals surface area contributed by atoms with E-state index in [2.05, 4.69) is 36.2 Å². The number of hydrogen-bond acceptors (Lipinski definition) is 2. The summed E-state index contributed by atoms with van der Waals surface area (Å²) in [5.41, 5.74) is 3.32. The third-order valence-corrected chi connectivity index (χ3v) is 6.84. The monoisotopic (exact) mass is 442 g/mol. The minimum absolute atomic E-state index is 0.00988. The number of aromatic nitrogens is 1. The molecule has 25 heavy (non-hydrogen) atoms. The van der Waals surface area contributed by atoms with Gasteiger partial charge >= 0.3 is 154 Å². The van der Waals surface area contributed by atoms with Gasteiger partial charge in [-0.1, -0.05) is 6.07 Å². The van der Waals surface area contributed by atoms with E-state index in [0.29, 0.717) is 11.1 Å². The molecule has 3 heteroatoms. The minimum atomic E-state index is 0.00988. The van der Waals surface area contributed by atoms with Gasteiger partial charge in [0.1, 0.15) is 0 Å². The molecule has 0 amide bonds. The fourth-order valence-corrected chi connectivity index (χ4v) is 5.11. The number of halogens is 1. The van der Waals surface area contributed by atoms with Crippen molar-refractivity contribution in [2.45, 2.75) is 19.8 Å². The Kier molecular flexibility index (Phi) is 6.34. The van der Waals surface area contributed by atoms with Crippen LogP contribution in [0.3, 0.4) is 0 Å². The van der Waals surface area contributed by atoms with Crippen molar-refractivity contribution in [3.05, 3.63) is 87.6 Å². The molecule has 128 valence electrons. The van der Waals surface area contributed by atoms with Crippen LogP contribution in [-0.2, 0) is 0 Å². The van der Waals surface area contributed by atoms with Crippen molar-refractivity contribution >= 4 is 5.78 Å². The maximum atomic E-state index is 12.4. The van der Waals surface area contributed by atoms with Gasteiger partial charge in [-0.15, -0.1) is 0 Å². The first-order chi connectivity index (χ1) is 12.3. The van der Waals surface area contributed by atoms with Crippen LogP contribution in [0, 0.1) is 3.57 Å². The van der Waals surface area contributed by atoms with Crippen LogP contribution in [0.15, 0.2) is 72.9 Å². The van der Waals surface area contributed by atoms with Gasteiger partial charge in [0.05, 0.1) is 0 Å². The number of nitrogens with zero attached hydrogens (tertiary/aromatic N) is 1. The van der Waals surface area contributed by atoms with Gasteiger partial charge in [0.15, 0.2) is 0 Å². The SMILES string of the molecule is CCCC[I-]c1ccc(-c2ccc(C(=O)c3ccccc3)cn2)cc1. The summed E-state index contributed by atoms with van der Waals surface area (Å²) in [6.45, 7) is 2.24. The van der Waals surface area contributed by atoms with Gasteiger partial charge in [0.2, 0.25) is 0 Å². The summed E-state index contributed by atoms with van der Waals surface area (Å²) >= 11 is 0.132. The first kappa shape index (κ1) is 17.8. The molecule has 0 saturated carbocycles. The van der Waals surface area contributed by atoms with Crippen molar-refractivity contribution in [1.29, 1.82) is 0 Å². The molecule has 0 saturated heterocycles. The van der Waals surface area contributed by atoms with Crippen molar-refractivity contribution in [2.24, 2.45) is 0 Å². The first-order valence-electron chi connectivity index (χ1n) is 8.53. The Balaban J connectivity index is 1.71. The summed E-state index contributed by atoms with van der Waals surface area (Å²) < 4.78 is 2.83. The molecule has 0 radical (unpaired) electrons. The van der Waals surface area contributed by atoms with Crippen LogP contribution in [0.5, 0.6) is 0 Å². The first-order valence-corrected chi connectivity index (χ1v) is 11.1. The second-order valence-electron chi connectivity index (χ2n) is 5.81. The van der Waals surface area contributed by atoms with Crippen LogP contribution in [0.1, 0.15) is 35.7 Å². The molecule has 1 aromatic heterocycles. The quantitative estimate of drug-likeness (QED) is 0.243. The molecule has 0 aliphatic rings. The number of pyridine rings is 1. The number of ketones is 1. The van der Waals surface area contributed by atoms with Crippen molar-refractivity contribution in [3.63, 3.8) is 0 Å². The zero-order valence-corrected chi connectivity index (χ0v) is 16.4. The van der Waals surface area contributed by atoms with Gasteiger partial charge in [0.25, 0.3) is 0 Å². The predicted octanol–water partition coefficient (Wildman–Crippen LogP) is 2.04. The molecule has 2 aromatic carbocycles. The average molecular weight is 442 g/mol. The van der Waals surface area contributed by atoms with Gasteiger partial charge in [-0.2, -0.15) is 0 Å². The fourth-order valence-electron chi connectivity index (χ4n) is 2.47. The Morgan fingerprint density at radius 2 is 1.68 bits per heavy atom. The summed E-state index contributed by atoms with van der Waals surface area (Å²) in [4.78, 5) is 16.9. The van der Waals surface area contributed by atoms with Gasteiger partial charge in [0, 0.05) is 0 Å². The number of carbonyl (C=O) groups is 1. The molecule has 0 atom stereocenters. The number of hydrogen-bond donors (Lipinski definition) is 0. The zero-order chi connectivity index (χ0) is 17.5. The van der Waals surface area contributed by atoms with Gasteiger partial charge in [-0.25, -0.2) is 0 Å². The molecular formula is C22H21INO-. The van der Waals surface area contributed by atoms with Crippen molar-refractivity contribution in [2.75, 3.05) is 4.43 Å². The van der Waals surface area contributed by atoms with Crippen LogP contribution in [0.2, 0.25) is 0 Å². The number of alkyl halides is 1. The molecule has 0 bridgehead atoms. The second kappa shape index (κ2) is 8.90. The van der Waals surface area contributed by atoms with Crippen LogP contribution < -0.4 is 21.2 Å². The van der Waals surface area contributed by atoms with Gasteiger partial charge in [-0.3, -0.25) is 0 Å². The number of unbranched alkanes of at least 4 members (excludes halogenated alkanes) is 1.